The van der Waals surface area contributed by atoms with Gasteiger partial charge in [-0.15, -0.1) is 12.4 Å². The number of ether oxygens (including phenoxy) is 1. The van der Waals surface area contributed by atoms with Gasteiger partial charge >= 0.3 is 5.63 Å². The highest BCUT2D eigenvalue weighted by Crippen LogP contribution is 2.41. The van der Waals surface area contributed by atoms with E-state index in [1.165, 1.54) is 6.07 Å². The molecule has 1 aliphatic rings. The summed E-state index contributed by atoms with van der Waals surface area (Å²) < 4.78 is 10.4. The van der Waals surface area contributed by atoms with E-state index in [0.717, 1.165) is 10.9 Å². The maximum Gasteiger partial charge on any atom is 0.336 e. The van der Waals surface area contributed by atoms with Crippen molar-refractivity contribution in [2.45, 2.75) is 6.92 Å². The molecule has 0 bridgehead atoms. The van der Waals surface area contributed by atoms with E-state index in [1.54, 1.807) is 6.07 Å². The van der Waals surface area contributed by atoms with Gasteiger partial charge in [-0.2, -0.15) is 0 Å². The molecule has 0 aliphatic carbocycles. The van der Waals surface area contributed by atoms with Gasteiger partial charge in [0.25, 0.3) is 0 Å². The van der Waals surface area contributed by atoms with Gasteiger partial charge < -0.3 is 19.2 Å². The maximum absolute atomic E-state index is 11.4. The van der Waals surface area contributed by atoms with Crippen LogP contribution in [-0.4, -0.2) is 31.4 Å². The fraction of sp³-hybridized carbons (Fsp3) is 0.357. The first-order valence-electron chi connectivity index (χ1n) is 6.36. The predicted octanol–water partition coefficient (Wildman–Crippen LogP) is 2.72. The Bertz CT molecular complexity index is 723. The van der Waals surface area contributed by atoms with Crippen molar-refractivity contribution in [1.82, 2.24) is 0 Å². The fourth-order valence-corrected chi connectivity index (χ4v) is 2.67. The molecule has 3 rings (SSSR count). The molecule has 1 aromatic heterocycles. The van der Waals surface area contributed by atoms with Crippen LogP contribution in [0.2, 0.25) is 5.02 Å². The standard InChI is InChI=1S/C14H14ClNO4.ClH/c1-8-6-11(17)20-14-9(8)7-10(13(18)12(14)15)16-2-4-19-5-3-16;/h6-7,18H,2-5H2,1H3;1H. The average molecular weight is 332 g/mol. The van der Waals surface area contributed by atoms with Crippen molar-refractivity contribution in [3.63, 3.8) is 0 Å². The maximum atomic E-state index is 11.4. The minimum Gasteiger partial charge on any atom is -0.504 e. The van der Waals surface area contributed by atoms with Crippen molar-refractivity contribution in [2.75, 3.05) is 31.2 Å². The average Bonchev–Trinajstić information content (AvgIpc) is 2.44. The molecule has 1 N–H and O–H groups in total. The molecule has 7 heteroatoms. The van der Waals surface area contributed by atoms with Crippen LogP contribution in [0.4, 0.5) is 5.69 Å². The smallest absolute Gasteiger partial charge is 0.336 e. The second kappa shape index (κ2) is 6.13. The lowest BCUT2D eigenvalue weighted by atomic mass is 10.1. The molecule has 0 radical (unpaired) electrons. The van der Waals surface area contributed by atoms with Crippen LogP contribution >= 0.6 is 24.0 Å². The highest BCUT2D eigenvalue weighted by atomic mass is 35.5. The summed E-state index contributed by atoms with van der Waals surface area (Å²) in [4.78, 5) is 13.4. The first-order chi connectivity index (χ1) is 9.58. The Labute approximate surface area is 132 Å². The number of hydrogen-bond donors (Lipinski definition) is 1. The van der Waals surface area contributed by atoms with Crippen molar-refractivity contribution >= 4 is 40.7 Å². The molecule has 21 heavy (non-hydrogen) atoms. The molecule has 5 nitrogen and oxygen atoms in total. The zero-order chi connectivity index (χ0) is 14.3. The van der Waals surface area contributed by atoms with Gasteiger partial charge in [-0.25, -0.2) is 4.79 Å². The Morgan fingerprint density at radius 2 is 1.95 bits per heavy atom. The molecule has 0 atom stereocenters. The molecule has 114 valence electrons. The minimum absolute atomic E-state index is 0. The van der Waals surface area contributed by atoms with Crippen LogP contribution in [0.1, 0.15) is 5.56 Å². The van der Waals surface area contributed by atoms with Crippen LogP contribution in [0.3, 0.4) is 0 Å². The molecule has 2 aromatic rings. The monoisotopic (exact) mass is 331 g/mol. The van der Waals surface area contributed by atoms with Crippen LogP contribution < -0.4 is 10.5 Å². The third-order valence-electron chi connectivity index (χ3n) is 3.49. The second-order valence-electron chi connectivity index (χ2n) is 4.78. The number of aromatic hydroxyl groups is 1. The summed E-state index contributed by atoms with van der Waals surface area (Å²) in [6.45, 7) is 4.40. The molecular formula is C14H15Cl2NO4. The fourth-order valence-electron chi connectivity index (χ4n) is 2.43. The summed E-state index contributed by atoms with van der Waals surface area (Å²) in [6, 6.07) is 3.22. The number of hydrogen-bond acceptors (Lipinski definition) is 5. The molecule has 1 aromatic carbocycles. The Morgan fingerprint density at radius 1 is 1.29 bits per heavy atom. The van der Waals surface area contributed by atoms with Crippen molar-refractivity contribution in [2.24, 2.45) is 0 Å². The number of anilines is 1. The molecule has 0 unspecified atom stereocenters. The number of phenolic OH excluding ortho intramolecular Hbond substituents is 1. The van der Waals surface area contributed by atoms with E-state index in [9.17, 15) is 9.90 Å². The lowest BCUT2D eigenvalue weighted by Crippen LogP contribution is -2.36. The number of halogens is 2. The summed E-state index contributed by atoms with van der Waals surface area (Å²) in [5.74, 6) is -0.0604. The highest BCUT2D eigenvalue weighted by molar-refractivity contribution is 6.37. The van der Waals surface area contributed by atoms with E-state index in [0.29, 0.717) is 32.0 Å². The third-order valence-corrected chi connectivity index (χ3v) is 3.84. The van der Waals surface area contributed by atoms with E-state index in [1.807, 2.05) is 11.8 Å². The summed E-state index contributed by atoms with van der Waals surface area (Å²) >= 11 is 6.15. The number of benzene rings is 1. The van der Waals surface area contributed by atoms with Crippen molar-refractivity contribution in [1.29, 1.82) is 0 Å². The zero-order valence-corrected chi connectivity index (χ0v) is 13.0. The summed E-state index contributed by atoms with van der Waals surface area (Å²) in [5, 5.41) is 11.1. The molecule has 1 fully saturated rings. The first-order valence-corrected chi connectivity index (χ1v) is 6.74. The summed E-state index contributed by atoms with van der Waals surface area (Å²) in [7, 11) is 0. The predicted molar refractivity (Wildman–Crippen MR) is 84.2 cm³/mol. The number of rotatable bonds is 1. The molecule has 1 aliphatic heterocycles. The Balaban J connectivity index is 0.00000161. The van der Waals surface area contributed by atoms with Crippen molar-refractivity contribution in [3.8, 4) is 5.75 Å². The van der Waals surface area contributed by atoms with Crippen LogP contribution in [0.5, 0.6) is 5.75 Å². The lowest BCUT2D eigenvalue weighted by Gasteiger charge is -2.29. The van der Waals surface area contributed by atoms with Gasteiger partial charge in [0.15, 0.2) is 11.3 Å². The SMILES string of the molecule is Cc1cc(=O)oc2c(Cl)c(O)c(N3CCOCC3)cc12.Cl. The molecule has 1 saturated heterocycles. The Hall–Kier alpha value is -1.43. The zero-order valence-electron chi connectivity index (χ0n) is 11.4. The second-order valence-corrected chi connectivity index (χ2v) is 5.16. The highest BCUT2D eigenvalue weighted by Gasteiger charge is 2.20. The van der Waals surface area contributed by atoms with E-state index < -0.39 is 5.63 Å². The van der Waals surface area contributed by atoms with Gasteiger partial charge in [0, 0.05) is 24.5 Å². The molecular weight excluding hydrogens is 317 g/mol. The van der Waals surface area contributed by atoms with Gasteiger partial charge in [-0.1, -0.05) is 11.6 Å². The topological polar surface area (TPSA) is 62.9 Å². The number of nitrogens with zero attached hydrogens (tertiary/aromatic N) is 1. The number of fused-ring (bicyclic) bond motifs is 1. The number of aryl methyl sites for hydroxylation is 1. The van der Waals surface area contributed by atoms with Gasteiger partial charge in [0.05, 0.1) is 18.9 Å². The van der Waals surface area contributed by atoms with Crippen LogP contribution in [0, 0.1) is 6.92 Å². The lowest BCUT2D eigenvalue weighted by molar-refractivity contribution is 0.122. The normalized spacial score (nSPS) is 15.0. The minimum atomic E-state index is -0.476. The van der Waals surface area contributed by atoms with Gasteiger partial charge in [0.1, 0.15) is 5.02 Å². The Kier molecular flexibility index (Phi) is 4.66. The molecule has 0 amide bonds. The molecule has 2 heterocycles. The number of morpholine rings is 1. The van der Waals surface area contributed by atoms with E-state index >= 15 is 0 Å². The van der Waals surface area contributed by atoms with Gasteiger partial charge in [-0.3, -0.25) is 0 Å². The third kappa shape index (κ3) is 2.81. The van der Waals surface area contributed by atoms with E-state index in [2.05, 4.69) is 0 Å². The van der Waals surface area contributed by atoms with E-state index in [4.69, 9.17) is 20.8 Å². The van der Waals surface area contributed by atoms with Crippen LogP contribution in [0.25, 0.3) is 11.0 Å². The van der Waals surface area contributed by atoms with Crippen molar-refractivity contribution in [3.05, 3.63) is 33.1 Å². The number of phenols is 1. The first kappa shape index (κ1) is 15.9. The van der Waals surface area contributed by atoms with Crippen LogP contribution in [-0.2, 0) is 4.74 Å². The van der Waals surface area contributed by atoms with E-state index in [-0.39, 0.29) is 28.8 Å². The Morgan fingerprint density at radius 3 is 2.62 bits per heavy atom. The molecule has 0 spiro atoms. The summed E-state index contributed by atoms with van der Waals surface area (Å²) in [6.07, 6.45) is 0. The summed E-state index contributed by atoms with van der Waals surface area (Å²) in [5.41, 5.74) is 1.16. The van der Waals surface area contributed by atoms with Crippen molar-refractivity contribution < 1.29 is 14.3 Å². The van der Waals surface area contributed by atoms with Gasteiger partial charge in [-0.05, 0) is 18.6 Å². The largest absolute Gasteiger partial charge is 0.504 e. The van der Waals surface area contributed by atoms with Gasteiger partial charge in [0.2, 0.25) is 0 Å². The molecule has 0 saturated carbocycles. The van der Waals surface area contributed by atoms with Crippen LogP contribution in [0.15, 0.2) is 21.3 Å². The quantitative estimate of drug-likeness (QED) is 0.814.